The molecule has 0 N–H and O–H groups in total. The zero-order chi connectivity index (χ0) is 18.9. The Morgan fingerprint density at radius 2 is 2.22 bits per heavy atom. The molecular weight excluding hydrogens is 368 g/mol. The number of carbonyl (C=O) groups excluding carboxylic acids is 1. The second-order valence-corrected chi connectivity index (χ2v) is 10.2. The fraction of sp³-hybridized carbons (Fsp3) is 0.722. The van der Waals surface area contributed by atoms with Gasteiger partial charge in [-0.2, -0.15) is 4.36 Å². The summed E-state index contributed by atoms with van der Waals surface area (Å²) in [6.07, 6.45) is 7.09. The molecule has 1 aromatic heterocycles. The third-order valence-corrected chi connectivity index (χ3v) is 7.83. The fourth-order valence-electron chi connectivity index (χ4n) is 3.82. The molecule has 0 radical (unpaired) electrons. The van der Waals surface area contributed by atoms with Gasteiger partial charge in [0.15, 0.2) is 11.6 Å². The van der Waals surface area contributed by atoms with Gasteiger partial charge in [0.25, 0.3) is 5.91 Å². The third kappa shape index (κ3) is 4.24. The Labute approximate surface area is 159 Å². The van der Waals surface area contributed by atoms with E-state index in [9.17, 15) is 9.00 Å². The van der Waals surface area contributed by atoms with Crippen LogP contribution in [-0.2, 0) is 19.3 Å². The minimum absolute atomic E-state index is 0.185. The van der Waals surface area contributed by atoms with E-state index in [1.54, 1.807) is 13.3 Å². The molecule has 1 saturated carbocycles. The second kappa shape index (κ2) is 7.35. The van der Waals surface area contributed by atoms with E-state index in [1.807, 2.05) is 0 Å². The van der Waals surface area contributed by atoms with Gasteiger partial charge in [0.05, 0.1) is 35.2 Å². The van der Waals surface area contributed by atoms with E-state index in [0.29, 0.717) is 55.6 Å². The number of nitrogens with zero attached hydrogens (tertiary/aromatic N) is 4. The highest BCUT2D eigenvalue weighted by Crippen LogP contribution is 2.36. The third-order valence-electron chi connectivity index (χ3n) is 5.61. The molecule has 1 aromatic rings. The molecule has 2 saturated heterocycles. The van der Waals surface area contributed by atoms with Gasteiger partial charge in [0.1, 0.15) is 6.33 Å². The first-order chi connectivity index (χ1) is 13.0. The number of methoxy groups -OCH3 is 1. The Morgan fingerprint density at radius 1 is 1.44 bits per heavy atom. The molecule has 0 aromatic carbocycles. The molecule has 1 aliphatic carbocycles. The van der Waals surface area contributed by atoms with Gasteiger partial charge in [0.2, 0.25) is 0 Å². The molecule has 0 unspecified atom stereocenters. The Hall–Kier alpha value is -1.74. The van der Waals surface area contributed by atoms with E-state index in [0.717, 1.165) is 25.2 Å². The number of hydrogen-bond donors (Lipinski definition) is 0. The predicted octanol–water partition coefficient (Wildman–Crippen LogP) is 1.65. The van der Waals surface area contributed by atoms with E-state index in [2.05, 4.69) is 19.2 Å². The summed E-state index contributed by atoms with van der Waals surface area (Å²) in [5, 5.41) is 0. The number of ether oxygens (including phenoxy) is 2. The van der Waals surface area contributed by atoms with E-state index >= 15 is 0 Å². The summed E-state index contributed by atoms with van der Waals surface area (Å²) in [5.74, 6) is 2.50. The minimum Gasteiger partial charge on any atom is -0.491 e. The van der Waals surface area contributed by atoms with Crippen LogP contribution in [0.5, 0.6) is 5.75 Å². The molecule has 1 amide bonds. The maximum atomic E-state index is 13.0. The van der Waals surface area contributed by atoms with Gasteiger partial charge in [-0.05, 0) is 31.6 Å². The van der Waals surface area contributed by atoms with Crippen molar-refractivity contribution in [2.45, 2.75) is 37.7 Å². The molecule has 8 nitrogen and oxygen atoms in total. The van der Waals surface area contributed by atoms with Crippen LogP contribution in [0.4, 0.5) is 5.82 Å². The zero-order valence-electron chi connectivity index (χ0n) is 15.6. The number of aromatic nitrogens is 2. The van der Waals surface area contributed by atoms with Gasteiger partial charge in [0, 0.05) is 31.0 Å². The van der Waals surface area contributed by atoms with Crippen molar-refractivity contribution in [1.82, 2.24) is 9.97 Å². The van der Waals surface area contributed by atoms with E-state index in [4.69, 9.17) is 9.47 Å². The Balaban J connectivity index is 1.45. The summed E-state index contributed by atoms with van der Waals surface area (Å²) < 4.78 is 28.6. The molecule has 27 heavy (non-hydrogen) atoms. The average molecular weight is 394 g/mol. The number of amides is 1. The lowest BCUT2D eigenvalue weighted by atomic mass is 9.94. The van der Waals surface area contributed by atoms with E-state index < -0.39 is 9.73 Å². The van der Waals surface area contributed by atoms with Crippen LogP contribution in [0.25, 0.3) is 0 Å². The van der Waals surface area contributed by atoms with Crippen LogP contribution in [0.15, 0.2) is 16.9 Å². The highest BCUT2D eigenvalue weighted by Gasteiger charge is 2.42. The van der Waals surface area contributed by atoms with Crippen LogP contribution >= 0.6 is 0 Å². The van der Waals surface area contributed by atoms with Crippen LogP contribution in [0, 0.1) is 5.92 Å². The van der Waals surface area contributed by atoms with Crippen LogP contribution in [-0.4, -0.2) is 64.0 Å². The molecule has 3 fully saturated rings. The van der Waals surface area contributed by atoms with Crippen molar-refractivity contribution in [3.05, 3.63) is 12.5 Å². The Morgan fingerprint density at radius 3 is 2.93 bits per heavy atom. The molecule has 0 atom stereocenters. The van der Waals surface area contributed by atoms with Gasteiger partial charge in [-0.15, -0.1) is 0 Å². The SMILES string of the molecule is COc1cncnc1N1CCOC2(CCS(=O)(=NC(=O)CC3CC3)CC2)C1. The van der Waals surface area contributed by atoms with Crippen LogP contribution in [0.3, 0.4) is 0 Å². The molecule has 0 bridgehead atoms. The standard InChI is InChI=1S/C18H26N4O4S/c1-25-15-11-19-13-20-17(15)22-6-7-26-18(12-22)4-8-27(24,9-5-18)21-16(23)10-14-2-3-14/h11,13-14H,2-10,12H2,1H3. The molecule has 148 valence electrons. The molecule has 2 aliphatic heterocycles. The zero-order valence-corrected chi connectivity index (χ0v) is 16.4. The van der Waals surface area contributed by atoms with Gasteiger partial charge in [-0.1, -0.05) is 0 Å². The first-order valence-electron chi connectivity index (χ1n) is 9.49. The second-order valence-electron chi connectivity index (χ2n) is 7.68. The highest BCUT2D eigenvalue weighted by molar-refractivity contribution is 7.93. The summed E-state index contributed by atoms with van der Waals surface area (Å²) >= 11 is 0. The van der Waals surface area contributed by atoms with Crippen molar-refractivity contribution in [2.24, 2.45) is 10.3 Å². The maximum Gasteiger partial charge on any atom is 0.254 e. The number of carbonyl (C=O) groups is 1. The summed E-state index contributed by atoms with van der Waals surface area (Å²) in [6, 6.07) is 0. The van der Waals surface area contributed by atoms with Gasteiger partial charge < -0.3 is 14.4 Å². The minimum atomic E-state index is -2.45. The fourth-order valence-corrected chi connectivity index (χ4v) is 6.04. The van der Waals surface area contributed by atoms with Crippen LogP contribution < -0.4 is 9.64 Å². The summed E-state index contributed by atoms with van der Waals surface area (Å²) in [4.78, 5) is 22.6. The van der Waals surface area contributed by atoms with Gasteiger partial charge in [-0.3, -0.25) is 4.79 Å². The topological polar surface area (TPSA) is 94.0 Å². The lowest BCUT2D eigenvalue weighted by Gasteiger charge is -2.45. The number of rotatable bonds is 4. The van der Waals surface area contributed by atoms with Crippen molar-refractivity contribution in [3.8, 4) is 5.75 Å². The summed E-state index contributed by atoms with van der Waals surface area (Å²) in [7, 11) is -0.845. The average Bonchev–Trinajstić information content (AvgIpc) is 3.48. The van der Waals surface area contributed by atoms with Crippen molar-refractivity contribution in [3.63, 3.8) is 0 Å². The molecule has 4 rings (SSSR count). The summed E-state index contributed by atoms with van der Waals surface area (Å²) in [6.45, 7) is 1.95. The molecular formula is C18H26N4O4S. The first kappa shape index (κ1) is 18.6. The Kier molecular flexibility index (Phi) is 5.07. The highest BCUT2D eigenvalue weighted by atomic mass is 32.2. The molecule has 1 spiro atoms. The van der Waals surface area contributed by atoms with Crippen molar-refractivity contribution in [1.29, 1.82) is 0 Å². The monoisotopic (exact) mass is 394 g/mol. The summed E-state index contributed by atoms with van der Waals surface area (Å²) in [5.41, 5.74) is -0.371. The number of morpholine rings is 1. The van der Waals surface area contributed by atoms with Crippen molar-refractivity contribution in [2.75, 3.05) is 43.2 Å². The predicted molar refractivity (Wildman–Crippen MR) is 101 cm³/mol. The van der Waals surface area contributed by atoms with E-state index in [-0.39, 0.29) is 11.5 Å². The molecule has 3 heterocycles. The quantitative estimate of drug-likeness (QED) is 0.766. The normalized spacial score (nSPS) is 30.9. The van der Waals surface area contributed by atoms with E-state index in [1.165, 1.54) is 6.33 Å². The van der Waals surface area contributed by atoms with Crippen molar-refractivity contribution >= 4 is 21.5 Å². The maximum absolute atomic E-state index is 13.0. The molecule has 3 aliphatic rings. The van der Waals surface area contributed by atoms with Gasteiger partial charge in [-0.25, -0.2) is 14.2 Å². The number of hydrogen-bond acceptors (Lipinski definition) is 7. The van der Waals surface area contributed by atoms with Crippen LogP contribution in [0.2, 0.25) is 0 Å². The number of anilines is 1. The first-order valence-corrected chi connectivity index (χ1v) is 11.3. The van der Waals surface area contributed by atoms with Gasteiger partial charge >= 0.3 is 0 Å². The Bertz CT molecular complexity index is 818. The smallest absolute Gasteiger partial charge is 0.254 e. The van der Waals surface area contributed by atoms with Crippen molar-refractivity contribution < 1.29 is 18.5 Å². The molecule has 9 heteroatoms. The van der Waals surface area contributed by atoms with Crippen LogP contribution in [0.1, 0.15) is 32.1 Å². The lowest BCUT2D eigenvalue weighted by molar-refractivity contribution is -0.118. The largest absolute Gasteiger partial charge is 0.491 e. The lowest BCUT2D eigenvalue weighted by Crippen LogP contribution is -2.55.